The van der Waals surface area contributed by atoms with Gasteiger partial charge in [0.1, 0.15) is 35.4 Å². The average Bonchev–Trinajstić information content (AvgIpc) is 3.37. The molecule has 1 saturated carbocycles. The van der Waals surface area contributed by atoms with E-state index < -0.39 is 76.5 Å². The van der Waals surface area contributed by atoms with Crippen molar-refractivity contribution in [3.8, 4) is 0 Å². The SMILES string of the molecule is CCC[C@H](NC(=O)[C@@H]1C[C@]2(C=C(c3cc(F)cc(F)c3)NO2)CN1C(=O)[C@@H](NC(=O)O[C@H]1CCOC1)C(C)(C)C)C(=O)C(=O)NC1CC1. The van der Waals surface area contributed by atoms with Crippen molar-refractivity contribution in [2.24, 2.45) is 5.41 Å². The Bertz CT molecular complexity index is 1450. The molecule has 3 fully saturated rings. The summed E-state index contributed by atoms with van der Waals surface area (Å²) in [6.45, 7) is 7.54. The van der Waals surface area contributed by atoms with Gasteiger partial charge in [-0.2, -0.15) is 0 Å². The van der Waals surface area contributed by atoms with Crippen LogP contribution in [0.2, 0.25) is 0 Å². The Morgan fingerprint density at radius 3 is 2.40 bits per heavy atom. The van der Waals surface area contributed by atoms with Crippen LogP contribution in [0.1, 0.15) is 71.8 Å². The zero-order valence-corrected chi connectivity index (χ0v) is 27.5. The van der Waals surface area contributed by atoms with Crippen LogP contribution in [-0.2, 0) is 33.5 Å². The molecule has 0 radical (unpaired) electrons. The van der Waals surface area contributed by atoms with Crippen LogP contribution < -0.4 is 21.4 Å². The number of benzene rings is 1. The number of ether oxygens (including phenoxy) is 2. The van der Waals surface area contributed by atoms with Gasteiger partial charge < -0.3 is 30.3 Å². The Morgan fingerprint density at radius 2 is 1.79 bits per heavy atom. The molecule has 15 heteroatoms. The van der Waals surface area contributed by atoms with E-state index >= 15 is 0 Å². The highest BCUT2D eigenvalue weighted by Gasteiger charge is 2.54. The van der Waals surface area contributed by atoms with Gasteiger partial charge in [0.2, 0.25) is 17.6 Å². The molecule has 5 atom stereocenters. The van der Waals surface area contributed by atoms with Crippen LogP contribution in [0.15, 0.2) is 24.3 Å². The maximum atomic E-state index is 14.4. The molecule has 3 heterocycles. The van der Waals surface area contributed by atoms with Gasteiger partial charge >= 0.3 is 6.09 Å². The predicted molar refractivity (Wildman–Crippen MR) is 166 cm³/mol. The van der Waals surface area contributed by atoms with Gasteiger partial charge in [0.15, 0.2) is 0 Å². The molecule has 1 spiro atoms. The summed E-state index contributed by atoms with van der Waals surface area (Å²) in [5.41, 5.74) is 0.880. The molecule has 262 valence electrons. The van der Waals surface area contributed by atoms with Crippen molar-refractivity contribution < 1.29 is 47.1 Å². The Labute approximate surface area is 277 Å². The van der Waals surface area contributed by atoms with Crippen molar-refractivity contribution in [3.63, 3.8) is 0 Å². The second-order valence-corrected chi connectivity index (χ2v) is 14.0. The number of nitrogens with zero attached hydrogens (tertiary/aromatic N) is 1. The van der Waals surface area contributed by atoms with E-state index in [4.69, 9.17) is 14.3 Å². The van der Waals surface area contributed by atoms with Crippen molar-refractivity contribution in [1.29, 1.82) is 0 Å². The van der Waals surface area contributed by atoms with E-state index in [1.54, 1.807) is 26.8 Å². The largest absolute Gasteiger partial charge is 0.444 e. The summed E-state index contributed by atoms with van der Waals surface area (Å²) in [6, 6.07) is -0.625. The van der Waals surface area contributed by atoms with Crippen molar-refractivity contribution in [2.75, 3.05) is 19.8 Å². The molecule has 0 aromatic heterocycles. The summed E-state index contributed by atoms with van der Waals surface area (Å²) in [5.74, 6) is -4.50. The number of hydrogen-bond donors (Lipinski definition) is 4. The van der Waals surface area contributed by atoms with E-state index in [-0.39, 0.29) is 43.3 Å². The molecular formula is C33H43F2N5O8. The van der Waals surface area contributed by atoms with Gasteiger partial charge in [0.25, 0.3) is 5.91 Å². The van der Waals surface area contributed by atoms with Crippen molar-refractivity contribution in [1.82, 2.24) is 26.3 Å². The molecule has 1 aromatic rings. The Morgan fingerprint density at radius 1 is 1.08 bits per heavy atom. The Hall–Kier alpha value is -4.11. The number of nitrogens with one attached hydrogen (secondary N) is 4. The molecule has 0 bridgehead atoms. The van der Waals surface area contributed by atoms with Crippen LogP contribution in [-0.4, -0.2) is 90.1 Å². The Kier molecular flexibility index (Phi) is 10.4. The molecule has 0 unspecified atom stereocenters. The Balaban J connectivity index is 1.42. The van der Waals surface area contributed by atoms with Crippen LogP contribution in [0, 0.1) is 17.0 Å². The molecule has 2 saturated heterocycles. The lowest BCUT2D eigenvalue weighted by Crippen LogP contribution is -2.59. The van der Waals surface area contributed by atoms with E-state index in [9.17, 15) is 32.8 Å². The summed E-state index contributed by atoms with van der Waals surface area (Å²) in [7, 11) is 0. The van der Waals surface area contributed by atoms with Gasteiger partial charge in [0.05, 0.1) is 31.5 Å². The van der Waals surface area contributed by atoms with E-state index in [0.717, 1.165) is 31.0 Å². The fourth-order valence-corrected chi connectivity index (χ4v) is 6.07. The van der Waals surface area contributed by atoms with Crippen molar-refractivity contribution in [3.05, 3.63) is 41.5 Å². The van der Waals surface area contributed by atoms with Gasteiger partial charge in [-0.05, 0) is 42.9 Å². The van der Waals surface area contributed by atoms with E-state index in [1.165, 1.54) is 4.90 Å². The van der Waals surface area contributed by atoms with Crippen LogP contribution >= 0.6 is 0 Å². The number of rotatable bonds is 11. The summed E-state index contributed by atoms with van der Waals surface area (Å²) in [5, 5.41) is 8.00. The number of amides is 4. The normalized spacial score (nSPS) is 24.8. The van der Waals surface area contributed by atoms with Gasteiger partial charge in [-0.15, -0.1) is 0 Å². The number of carbonyl (C=O) groups is 5. The fourth-order valence-electron chi connectivity index (χ4n) is 6.07. The minimum absolute atomic E-state index is 0.0588. The second kappa shape index (κ2) is 14.2. The third kappa shape index (κ3) is 8.29. The maximum Gasteiger partial charge on any atom is 0.408 e. The minimum Gasteiger partial charge on any atom is -0.444 e. The summed E-state index contributed by atoms with van der Waals surface area (Å²) < 4.78 is 38.8. The summed E-state index contributed by atoms with van der Waals surface area (Å²) >= 11 is 0. The highest BCUT2D eigenvalue weighted by Crippen LogP contribution is 2.39. The molecule has 4 amide bonds. The molecule has 13 nitrogen and oxygen atoms in total. The number of alkyl carbamates (subject to hydrolysis) is 1. The van der Waals surface area contributed by atoms with Crippen molar-refractivity contribution >= 4 is 35.3 Å². The molecule has 5 rings (SSSR count). The van der Waals surface area contributed by atoms with Crippen LogP contribution in [0.4, 0.5) is 13.6 Å². The van der Waals surface area contributed by atoms with E-state index in [0.29, 0.717) is 19.4 Å². The third-order valence-corrected chi connectivity index (χ3v) is 8.77. The molecule has 1 aromatic carbocycles. The first-order chi connectivity index (χ1) is 22.7. The molecule has 1 aliphatic carbocycles. The predicted octanol–water partition coefficient (Wildman–Crippen LogP) is 2.24. The van der Waals surface area contributed by atoms with E-state index in [2.05, 4.69) is 21.4 Å². The molecule has 3 aliphatic heterocycles. The second-order valence-electron chi connectivity index (χ2n) is 14.0. The smallest absolute Gasteiger partial charge is 0.408 e. The van der Waals surface area contributed by atoms with E-state index in [1.807, 2.05) is 6.92 Å². The number of halogens is 2. The first-order valence-corrected chi connectivity index (χ1v) is 16.3. The zero-order chi connectivity index (χ0) is 34.8. The quantitative estimate of drug-likeness (QED) is 0.258. The topological polar surface area (TPSA) is 164 Å². The number of Topliss-reactive ketones (excluding diaryl/α,β-unsaturated/α-hetero) is 1. The third-order valence-electron chi connectivity index (χ3n) is 8.77. The van der Waals surface area contributed by atoms with Gasteiger partial charge in [-0.1, -0.05) is 34.1 Å². The first-order valence-electron chi connectivity index (χ1n) is 16.3. The number of carbonyl (C=O) groups excluding carboxylic acids is 5. The number of likely N-dealkylation sites (tertiary alicyclic amines) is 1. The molecule has 4 aliphatic rings. The molecule has 4 N–H and O–H groups in total. The fraction of sp³-hybridized carbons (Fsp3) is 0.606. The number of hydroxylamine groups is 1. The first kappa shape index (κ1) is 35.2. The van der Waals surface area contributed by atoms with Crippen LogP contribution in [0.3, 0.4) is 0 Å². The summed E-state index contributed by atoms with van der Waals surface area (Å²) in [4.78, 5) is 74.1. The summed E-state index contributed by atoms with van der Waals surface area (Å²) in [6.07, 6.45) is 2.91. The average molecular weight is 676 g/mol. The zero-order valence-electron chi connectivity index (χ0n) is 27.5. The van der Waals surface area contributed by atoms with Crippen LogP contribution in [0.25, 0.3) is 5.70 Å². The minimum atomic E-state index is -1.33. The highest BCUT2D eigenvalue weighted by molar-refractivity contribution is 6.38. The standard InChI is InChI=1S/C33H43F2N5O8/c1-5-6-23(26(41)29(43)36-21-7-8-21)37-28(42)25-15-33(14-24(39-48-33)18-11-19(34)13-20(35)12-18)17-40(25)30(44)27(32(2,3)4)38-31(45)47-22-9-10-46-16-22/h11-14,21-23,25,27,39H,5-10,15-17H2,1-4H3,(H,36,43)(H,37,42)(H,38,45)/t22-,23-,25-,27+,33+/m0/s1. The molecular weight excluding hydrogens is 632 g/mol. The lowest BCUT2D eigenvalue weighted by Gasteiger charge is -2.35. The van der Waals surface area contributed by atoms with Crippen LogP contribution in [0.5, 0.6) is 0 Å². The van der Waals surface area contributed by atoms with Gasteiger partial charge in [-0.25, -0.2) is 13.6 Å². The van der Waals surface area contributed by atoms with Gasteiger partial charge in [0, 0.05) is 30.5 Å². The van der Waals surface area contributed by atoms with Crippen molar-refractivity contribution in [2.45, 2.75) is 102 Å². The maximum absolute atomic E-state index is 14.4. The van der Waals surface area contributed by atoms with Gasteiger partial charge in [-0.3, -0.25) is 29.5 Å². The number of ketones is 1. The monoisotopic (exact) mass is 675 g/mol. The lowest BCUT2D eigenvalue weighted by atomic mass is 9.85. The molecule has 48 heavy (non-hydrogen) atoms. The highest BCUT2D eigenvalue weighted by atomic mass is 19.1. The lowest BCUT2D eigenvalue weighted by molar-refractivity contribution is -0.144. The number of hydrogen-bond acceptors (Lipinski definition) is 9.